The van der Waals surface area contributed by atoms with Crippen molar-refractivity contribution in [1.82, 2.24) is 31.5 Å². The van der Waals surface area contributed by atoms with E-state index in [1.54, 1.807) is 17.8 Å². The molecule has 2 aliphatic heterocycles. The first kappa shape index (κ1) is 41.2. The number of aromatic nitrogens is 6. The zero-order valence-electron chi connectivity index (χ0n) is 24.2. The van der Waals surface area contributed by atoms with E-state index in [9.17, 15) is 30.0 Å². The Bertz CT molecular complexity index is 1780. The number of aryl methyl sites for hydroxylation is 1. The van der Waals surface area contributed by atoms with Crippen LogP contribution in [0, 0.1) is 34.5 Å². The first-order valence-electron chi connectivity index (χ1n) is 13.2. The van der Waals surface area contributed by atoms with Gasteiger partial charge in [0, 0.05) is 44.4 Å². The minimum Gasteiger partial charge on any atom is -0.741 e. The van der Waals surface area contributed by atoms with Crippen LogP contribution in [0.5, 0.6) is 0 Å². The van der Waals surface area contributed by atoms with Crippen LogP contribution in [0.3, 0.4) is 0 Å². The van der Waals surface area contributed by atoms with Crippen molar-refractivity contribution in [3.8, 4) is 12.1 Å². The Morgan fingerprint density at radius 1 is 0.894 bits per heavy atom. The number of nitrogens with one attached hydrogen (secondary N) is 1. The number of piperidine rings is 2. The van der Waals surface area contributed by atoms with Crippen LogP contribution < -0.4 is 9.88 Å². The summed E-state index contributed by atoms with van der Waals surface area (Å²) in [5.74, 6) is 0.0794. The number of hydrogen-bond donors (Lipinski definition) is 1. The number of nitriles is 2. The molecule has 17 nitrogen and oxygen atoms in total. The van der Waals surface area contributed by atoms with E-state index in [0.717, 1.165) is 50.7 Å². The molecule has 0 bridgehead atoms. The SMILES string of the molecule is C.C[n+]1ccn(S(=O)(=O)n2ccnc2)c1.N#CC1CCCN(S(=O)(=O)n2ccnc2)C1.N#CC1CCCNC1.O=S(=O)([O-])C(F)(F)F. The fourth-order valence-corrected chi connectivity index (χ4v) is 6.24. The highest BCUT2D eigenvalue weighted by molar-refractivity contribution is 7.88. The number of alkyl halides is 3. The summed E-state index contributed by atoms with van der Waals surface area (Å²) >= 11 is 0. The van der Waals surface area contributed by atoms with Crippen molar-refractivity contribution in [2.24, 2.45) is 18.9 Å². The fourth-order valence-electron chi connectivity index (χ4n) is 3.79. The van der Waals surface area contributed by atoms with Crippen LogP contribution in [0.15, 0.2) is 56.2 Å². The minimum absolute atomic E-state index is 0. The van der Waals surface area contributed by atoms with Crippen molar-refractivity contribution in [1.29, 1.82) is 10.5 Å². The van der Waals surface area contributed by atoms with Gasteiger partial charge in [-0.05, 0) is 32.2 Å². The molecule has 0 radical (unpaired) electrons. The number of imidazole rings is 3. The molecule has 5 rings (SSSR count). The van der Waals surface area contributed by atoms with Crippen LogP contribution in [-0.2, 0) is 37.6 Å². The summed E-state index contributed by atoms with van der Waals surface area (Å²) in [6.45, 7) is 2.74. The maximum atomic E-state index is 12.0. The first-order valence-corrected chi connectivity index (χ1v) is 17.4. The number of hydrogen-bond acceptors (Lipinski definition) is 12. The summed E-state index contributed by atoms with van der Waals surface area (Å²) in [4.78, 5) is 7.40. The van der Waals surface area contributed by atoms with Gasteiger partial charge >= 0.3 is 25.9 Å². The minimum atomic E-state index is -6.09. The van der Waals surface area contributed by atoms with E-state index in [-0.39, 0.29) is 25.8 Å². The molecular weight excluding hydrogens is 694 g/mol. The molecule has 2 aliphatic rings. The average molecular weight is 729 g/mol. The third kappa shape index (κ3) is 12.3. The molecule has 2 unspecified atom stereocenters. The Labute approximate surface area is 271 Å². The van der Waals surface area contributed by atoms with Gasteiger partial charge in [-0.25, -0.2) is 26.9 Å². The van der Waals surface area contributed by atoms with E-state index >= 15 is 0 Å². The number of halogens is 3. The number of nitrogens with zero attached hydrogens (tertiary/aromatic N) is 9. The van der Waals surface area contributed by atoms with Gasteiger partial charge in [0.05, 0.1) is 31.0 Å². The van der Waals surface area contributed by atoms with Crippen molar-refractivity contribution in [3.63, 3.8) is 0 Å². The molecule has 3 aromatic rings. The maximum absolute atomic E-state index is 12.0. The largest absolute Gasteiger partial charge is 0.741 e. The molecule has 3 aromatic heterocycles. The van der Waals surface area contributed by atoms with Gasteiger partial charge < -0.3 is 9.87 Å². The van der Waals surface area contributed by atoms with Gasteiger partial charge in [-0.15, -0.1) is 3.97 Å². The maximum Gasteiger partial charge on any atom is 0.485 e. The first-order chi connectivity index (χ1) is 21.4. The summed E-state index contributed by atoms with van der Waals surface area (Å²) in [6.07, 6.45) is 16.4. The molecule has 5 heterocycles. The molecular formula is C24H35F3N10O7S3. The second-order valence-electron chi connectivity index (χ2n) is 9.61. The molecule has 0 amide bonds. The van der Waals surface area contributed by atoms with Crippen molar-refractivity contribution >= 4 is 30.5 Å². The summed E-state index contributed by atoms with van der Waals surface area (Å²) in [5, 5.41) is 20.4. The molecule has 2 saturated heterocycles. The highest BCUT2D eigenvalue weighted by atomic mass is 32.2. The Balaban J connectivity index is 0.000000326. The second kappa shape index (κ2) is 17.9. The third-order valence-corrected chi connectivity index (χ3v) is 9.96. The fraction of sp³-hybridized carbons (Fsp3) is 0.542. The monoisotopic (exact) mass is 728 g/mol. The van der Waals surface area contributed by atoms with Gasteiger partial charge in [0.1, 0.15) is 25.0 Å². The van der Waals surface area contributed by atoms with E-state index in [1.165, 1.54) is 54.3 Å². The zero-order chi connectivity index (χ0) is 34.6. The molecule has 0 aliphatic carbocycles. The molecule has 262 valence electrons. The molecule has 23 heteroatoms. The second-order valence-corrected chi connectivity index (χ2v) is 14.6. The Hall–Kier alpha value is -3.87. The van der Waals surface area contributed by atoms with Gasteiger partial charge in [-0.3, -0.25) is 0 Å². The van der Waals surface area contributed by atoms with Gasteiger partial charge in [0.15, 0.2) is 10.1 Å². The molecule has 0 saturated carbocycles. The molecule has 1 N–H and O–H groups in total. The lowest BCUT2D eigenvalue weighted by Gasteiger charge is -2.28. The average Bonchev–Trinajstić information content (AvgIpc) is 3.82. The standard InChI is InChI=1S/C9H12N4O2S.C7H9N4O2S.C6H10N2.CHF3O3S.CH4/c10-6-9-2-1-4-12(7-9)16(14,15)13-5-3-11-8-13;1-9-4-5-11(7-9)14(12,13)10-3-2-8-6-10;7-4-6-2-1-3-8-5-6;2-1(3,4)8(5,6)7;/h3,5,8-9H,1-2,4,7H2;2-7H,1H3;6,8H,1-3,5H2;(H,5,6,7);1H4/q;+1;;;/p-1. The van der Waals surface area contributed by atoms with Crippen LogP contribution in [0.2, 0.25) is 0 Å². The van der Waals surface area contributed by atoms with Crippen molar-refractivity contribution in [3.05, 3.63) is 56.2 Å². The van der Waals surface area contributed by atoms with Crippen molar-refractivity contribution in [2.75, 3.05) is 26.2 Å². The summed E-state index contributed by atoms with van der Waals surface area (Å²) in [7, 11) is -11.4. The summed E-state index contributed by atoms with van der Waals surface area (Å²) in [5.41, 5.74) is -5.65. The van der Waals surface area contributed by atoms with E-state index in [1.807, 2.05) is 0 Å². The molecule has 47 heavy (non-hydrogen) atoms. The van der Waals surface area contributed by atoms with Gasteiger partial charge in [-0.1, -0.05) is 7.43 Å². The van der Waals surface area contributed by atoms with Crippen molar-refractivity contribution < 1.29 is 47.5 Å². The van der Waals surface area contributed by atoms with Gasteiger partial charge in [0.2, 0.25) is 0 Å². The smallest absolute Gasteiger partial charge is 0.485 e. The Morgan fingerprint density at radius 3 is 1.81 bits per heavy atom. The van der Waals surface area contributed by atoms with Gasteiger partial charge in [-0.2, -0.15) is 48.8 Å². The normalized spacial score (nSPS) is 18.6. The van der Waals surface area contributed by atoms with E-state index in [0.29, 0.717) is 6.54 Å². The van der Waals surface area contributed by atoms with E-state index in [2.05, 4.69) is 27.4 Å². The van der Waals surface area contributed by atoms with Crippen LogP contribution in [0.1, 0.15) is 33.1 Å². The predicted molar refractivity (Wildman–Crippen MR) is 158 cm³/mol. The lowest BCUT2D eigenvalue weighted by atomic mass is 10.0. The molecule has 2 atom stereocenters. The van der Waals surface area contributed by atoms with E-state index in [4.69, 9.17) is 23.5 Å². The van der Waals surface area contributed by atoms with Crippen LogP contribution in [0.4, 0.5) is 13.2 Å². The van der Waals surface area contributed by atoms with Crippen LogP contribution >= 0.6 is 0 Å². The lowest BCUT2D eigenvalue weighted by molar-refractivity contribution is -0.670. The summed E-state index contributed by atoms with van der Waals surface area (Å²) < 4.78 is 113. The van der Waals surface area contributed by atoms with Crippen molar-refractivity contribution in [2.45, 2.75) is 38.6 Å². The lowest BCUT2D eigenvalue weighted by Crippen LogP contribution is -2.42. The van der Waals surface area contributed by atoms with Crippen LogP contribution in [0.25, 0.3) is 0 Å². The Morgan fingerprint density at radius 2 is 1.43 bits per heavy atom. The topological polar surface area (TPSA) is 233 Å². The third-order valence-electron chi connectivity index (χ3n) is 6.16. The zero-order valence-corrected chi connectivity index (χ0v) is 26.7. The highest BCUT2D eigenvalue weighted by Crippen LogP contribution is 2.21. The van der Waals surface area contributed by atoms with E-state index < -0.39 is 36.0 Å². The van der Waals surface area contributed by atoms with Gasteiger partial charge in [0.25, 0.3) is 6.33 Å². The molecule has 0 aromatic carbocycles. The molecule has 0 spiro atoms. The molecule has 2 fully saturated rings. The van der Waals surface area contributed by atoms with Crippen LogP contribution in [-0.4, -0.2) is 87.7 Å². The quantitative estimate of drug-likeness (QED) is 0.221. The predicted octanol–water partition coefficient (Wildman–Crippen LogP) is 0.559. The highest BCUT2D eigenvalue weighted by Gasteiger charge is 2.37. The number of rotatable bonds is 4. The summed E-state index contributed by atoms with van der Waals surface area (Å²) in [6, 6.07) is 4.36. The Kier molecular flexibility index (Phi) is 15.7.